The third-order valence-electron chi connectivity index (χ3n) is 7.02. The molecule has 2 heterocycles. The van der Waals surface area contributed by atoms with Crippen molar-refractivity contribution in [1.29, 1.82) is 0 Å². The first-order valence-electron chi connectivity index (χ1n) is 11.1. The van der Waals surface area contributed by atoms with Crippen LogP contribution in [0.5, 0.6) is 0 Å². The van der Waals surface area contributed by atoms with Gasteiger partial charge in [-0.1, -0.05) is 50.2 Å². The normalized spacial score (nSPS) is 21.0. The number of nitrogens with two attached hydrogens (primary N) is 1. The van der Waals surface area contributed by atoms with Gasteiger partial charge in [-0.3, -0.25) is 4.90 Å². The van der Waals surface area contributed by atoms with Gasteiger partial charge in [0, 0.05) is 43.5 Å². The molecule has 0 aromatic heterocycles. The third kappa shape index (κ3) is 4.31. The summed E-state index contributed by atoms with van der Waals surface area (Å²) in [6, 6.07) is 17.0. The van der Waals surface area contributed by atoms with E-state index >= 15 is 0 Å². The number of aliphatic hydroxyl groups excluding tert-OH is 1. The third-order valence-corrected chi connectivity index (χ3v) is 7.02. The van der Waals surface area contributed by atoms with Crippen LogP contribution in [0.25, 0.3) is 0 Å². The van der Waals surface area contributed by atoms with Crippen molar-refractivity contribution >= 4 is 5.69 Å². The lowest BCUT2D eigenvalue weighted by Crippen LogP contribution is -2.36. The minimum Gasteiger partial charge on any atom is -0.374 e. The molecule has 3 N–H and O–H groups in total. The van der Waals surface area contributed by atoms with Crippen LogP contribution in [-0.4, -0.2) is 29.6 Å². The Hall–Kier alpha value is -2.14. The summed E-state index contributed by atoms with van der Waals surface area (Å²) in [4.78, 5) is 4.51. The van der Waals surface area contributed by atoms with E-state index in [4.69, 9.17) is 5.73 Å². The summed E-state index contributed by atoms with van der Waals surface area (Å²) in [6.45, 7) is 10.1. The molecular weight excluding hydrogens is 370 g/mol. The molecule has 1 atom stereocenters. The summed E-state index contributed by atoms with van der Waals surface area (Å²) in [5.74, 6) is 0.547. The van der Waals surface area contributed by atoms with Gasteiger partial charge in [0.05, 0.1) is 0 Å². The van der Waals surface area contributed by atoms with Crippen LogP contribution >= 0.6 is 0 Å². The zero-order chi connectivity index (χ0) is 21.3. The van der Waals surface area contributed by atoms with Crippen LogP contribution < -0.4 is 10.6 Å². The highest BCUT2D eigenvalue weighted by Crippen LogP contribution is 2.37. The van der Waals surface area contributed by atoms with Gasteiger partial charge in [-0.2, -0.15) is 0 Å². The summed E-state index contributed by atoms with van der Waals surface area (Å²) < 4.78 is 0. The maximum Gasteiger partial charge on any atom is 0.133 e. The van der Waals surface area contributed by atoms with Crippen LogP contribution in [0, 0.1) is 5.41 Å². The van der Waals surface area contributed by atoms with Crippen LogP contribution in [0.3, 0.4) is 0 Å². The molecule has 0 spiro atoms. The Kier molecular flexibility index (Phi) is 6.01. The Morgan fingerprint density at radius 3 is 2.50 bits per heavy atom. The number of rotatable bonds is 5. The summed E-state index contributed by atoms with van der Waals surface area (Å²) in [5.41, 5.74) is 12.1. The van der Waals surface area contributed by atoms with Gasteiger partial charge in [0.15, 0.2) is 0 Å². The molecule has 2 aromatic rings. The molecule has 1 saturated heterocycles. The predicted octanol–water partition coefficient (Wildman–Crippen LogP) is 4.77. The average Bonchev–Trinajstić information content (AvgIpc) is 3.06. The van der Waals surface area contributed by atoms with Gasteiger partial charge in [0.1, 0.15) is 6.23 Å². The van der Waals surface area contributed by atoms with Crippen LogP contribution in [0.1, 0.15) is 62.4 Å². The van der Waals surface area contributed by atoms with Crippen molar-refractivity contribution < 1.29 is 5.11 Å². The molecule has 1 fully saturated rings. The zero-order valence-corrected chi connectivity index (χ0v) is 18.5. The highest BCUT2D eigenvalue weighted by atomic mass is 16.3. The number of hydrogen-bond acceptors (Lipinski definition) is 4. The molecule has 0 saturated carbocycles. The maximum atomic E-state index is 11.1. The van der Waals surface area contributed by atoms with Gasteiger partial charge in [0.25, 0.3) is 0 Å². The lowest BCUT2D eigenvalue weighted by atomic mass is 9.88. The van der Waals surface area contributed by atoms with Crippen LogP contribution in [-0.2, 0) is 6.54 Å². The van der Waals surface area contributed by atoms with Crippen molar-refractivity contribution in [3.63, 3.8) is 0 Å². The maximum absolute atomic E-state index is 11.1. The van der Waals surface area contributed by atoms with Gasteiger partial charge >= 0.3 is 0 Å². The molecule has 1 unspecified atom stereocenters. The molecule has 4 nitrogen and oxygen atoms in total. The summed E-state index contributed by atoms with van der Waals surface area (Å²) in [5, 5.41) is 11.1. The van der Waals surface area contributed by atoms with E-state index < -0.39 is 6.23 Å². The predicted molar refractivity (Wildman–Crippen MR) is 124 cm³/mol. The monoisotopic (exact) mass is 405 g/mol. The van der Waals surface area contributed by atoms with E-state index in [1.165, 1.54) is 16.7 Å². The largest absolute Gasteiger partial charge is 0.374 e. The lowest BCUT2D eigenvalue weighted by Gasteiger charge is -2.35. The second-order valence-corrected chi connectivity index (χ2v) is 9.55. The Balaban J connectivity index is 1.42. The Bertz CT molecular complexity index is 912. The Labute approximate surface area is 181 Å². The van der Waals surface area contributed by atoms with E-state index in [-0.39, 0.29) is 5.41 Å². The van der Waals surface area contributed by atoms with Gasteiger partial charge in [-0.05, 0) is 60.1 Å². The topological polar surface area (TPSA) is 52.7 Å². The lowest BCUT2D eigenvalue weighted by molar-refractivity contribution is -0.0131. The Morgan fingerprint density at radius 2 is 1.83 bits per heavy atom. The van der Waals surface area contributed by atoms with Crippen molar-refractivity contribution in [2.45, 2.75) is 52.3 Å². The smallest absolute Gasteiger partial charge is 0.133 e. The summed E-state index contributed by atoms with van der Waals surface area (Å²) >= 11 is 0. The first-order valence-corrected chi connectivity index (χ1v) is 11.1. The minimum absolute atomic E-state index is 0.192. The van der Waals surface area contributed by atoms with Crippen molar-refractivity contribution in [1.82, 2.24) is 4.90 Å². The van der Waals surface area contributed by atoms with Gasteiger partial charge in [-0.25, -0.2) is 0 Å². The summed E-state index contributed by atoms with van der Waals surface area (Å²) in [7, 11) is 0. The fourth-order valence-corrected chi connectivity index (χ4v) is 4.70. The van der Waals surface area contributed by atoms with Crippen LogP contribution in [0.2, 0.25) is 0 Å². The fourth-order valence-electron chi connectivity index (χ4n) is 4.70. The van der Waals surface area contributed by atoms with Crippen molar-refractivity contribution in [2.75, 3.05) is 24.5 Å². The average molecular weight is 406 g/mol. The Morgan fingerprint density at radius 1 is 1.10 bits per heavy atom. The molecule has 30 heavy (non-hydrogen) atoms. The molecule has 4 rings (SSSR count). The van der Waals surface area contributed by atoms with E-state index in [1.807, 2.05) is 6.07 Å². The molecule has 2 aliphatic rings. The summed E-state index contributed by atoms with van der Waals surface area (Å²) in [6.07, 6.45) is 3.81. The first kappa shape index (κ1) is 21.1. The first-order chi connectivity index (χ1) is 14.4. The number of piperidine rings is 1. The van der Waals surface area contributed by atoms with Crippen molar-refractivity contribution in [2.24, 2.45) is 11.1 Å². The standard InChI is InChI=1S/C26H35N3O/c1-19-17-29(18-26(19,2)3)24-9-5-8-23(15-24)25(30)28-12-10-21(11-13-28)22-7-4-6-20(14-22)16-27/h4-9,14-15,17,21,25,30H,10-13,16,18,27H2,1-3H3. The molecule has 0 radical (unpaired) electrons. The molecule has 0 aliphatic carbocycles. The second-order valence-electron chi connectivity index (χ2n) is 9.55. The van der Waals surface area contributed by atoms with E-state index in [2.05, 4.69) is 79.2 Å². The molecule has 0 bridgehead atoms. The van der Waals surface area contributed by atoms with E-state index in [1.54, 1.807) is 0 Å². The minimum atomic E-state index is -0.554. The number of anilines is 1. The molecule has 4 heteroatoms. The number of benzene rings is 2. The van der Waals surface area contributed by atoms with E-state index in [0.717, 1.165) is 43.7 Å². The highest BCUT2D eigenvalue weighted by molar-refractivity contribution is 5.54. The fraction of sp³-hybridized carbons (Fsp3) is 0.462. The van der Waals surface area contributed by atoms with Gasteiger partial charge < -0.3 is 15.7 Å². The van der Waals surface area contributed by atoms with Gasteiger partial charge in [0.2, 0.25) is 0 Å². The quantitative estimate of drug-likeness (QED) is 0.753. The number of hydrogen-bond donors (Lipinski definition) is 2. The second kappa shape index (κ2) is 8.54. The highest BCUT2D eigenvalue weighted by Gasteiger charge is 2.30. The SMILES string of the molecule is CC1=CN(c2cccc(C(O)N3CCC(c4cccc(CN)c4)CC3)c2)CC1(C)C. The molecule has 2 aliphatic heterocycles. The van der Waals surface area contributed by atoms with Crippen LogP contribution in [0.4, 0.5) is 5.69 Å². The molecule has 2 aromatic carbocycles. The zero-order valence-electron chi connectivity index (χ0n) is 18.5. The number of aliphatic hydroxyl groups is 1. The van der Waals surface area contributed by atoms with E-state index in [0.29, 0.717) is 12.5 Å². The van der Waals surface area contributed by atoms with Crippen molar-refractivity contribution in [3.8, 4) is 0 Å². The van der Waals surface area contributed by atoms with Crippen molar-refractivity contribution in [3.05, 3.63) is 77.0 Å². The van der Waals surface area contributed by atoms with Crippen LogP contribution in [0.15, 0.2) is 60.3 Å². The molecule has 0 amide bonds. The number of nitrogens with zero attached hydrogens (tertiary/aromatic N) is 2. The van der Waals surface area contributed by atoms with Gasteiger partial charge in [-0.15, -0.1) is 0 Å². The molecule has 160 valence electrons. The number of likely N-dealkylation sites (tertiary alicyclic amines) is 1. The van der Waals surface area contributed by atoms with E-state index in [9.17, 15) is 5.11 Å². The molecular formula is C26H35N3O.